The average Bonchev–Trinajstić information content (AvgIpc) is 2.34. The summed E-state index contributed by atoms with van der Waals surface area (Å²) in [6, 6.07) is 1.64. The molecule has 1 atom stereocenters. The number of carboxylic acids is 1. The Kier molecular flexibility index (Phi) is 5.20. The zero-order chi connectivity index (χ0) is 16.4. The molecule has 4 N–H and O–H groups in total. The third kappa shape index (κ3) is 4.09. The van der Waals surface area contributed by atoms with E-state index in [-0.39, 0.29) is 5.56 Å². The van der Waals surface area contributed by atoms with Crippen LogP contribution in [0, 0.1) is 6.92 Å². The second-order valence-corrected chi connectivity index (χ2v) is 5.93. The van der Waals surface area contributed by atoms with Crippen LogP contribution in [0.4, 0.5) is 8.78 Å². The van der Waals surface area contributed by atoms with E-state index in [9.17, 15) is 27.1 Å². The van der Waals surface area contributed by atoms with Gasteiger partial charge in [0.15, 0.2) is 0 Å². The first-order chi connectivity index (χ1) is 9.56. The summed E-state index contributed by atoms with van der Waals surface area (Å²) in [6.45, 7) is 0.367. The Morgan fingerprint density at radius 1 is 1.38 bits per heavy atom. The molecule has 0 aliphatic heterocycles. The molecule has 0 aliphatic carbocycles. The van der Waals surface area contributed by atoms with Gasteiger partial charge in [-0.25, -0.2) is 26.7 Å². The fraction of sp³-hybridized carbons (Fsp3) is 0.364. The quantitative estimate of drug-likeness (QED) is 0.596. The summed E-state index contributed by atoms with van der Waals surface area (Å²) < 4.78 is 49.8. The van der Waals surface area contributed by atoms with Gasteiger partial charge in [-0.15, -0.1) is 0 Å². The van der Waals surface area contributed by atoms with Crippen molar-refractivity contribution in [2.45, 2.75) is 24.3 Å². The van der Waals surface area contributed by atoms with Gasteiger partial charge in [0, 0.05) is 6.54 Å². The summed E-state index contributed by atoms with van der Waals surface area (Å²) in [4.78, 5) is 10.4. The number of carboxylic acid groups (broad SMARTS) is 1. The predicted molar refractivity (Wildman–Crippen MR) is 67.0 cm³/mol. The lowest BCUT2D eigenvalue weighted by Gasteiger charge is -2.13. The minimum atomic E-state index is -4.31. The lowest BCUT2D eigenvalue weighted by molar-refractivity contribution is -0.000452. The second-order valence-electron chi connectivity index (χ2n) is 4.19. The second kappa shape index (κ2) is 6.33. The van der Waals surface area contributed by atoms with Crippen LogP contribution in [0.15, 0.2) is 17.0 Å². The van der Waals surface area contributed by atoms with Crippen molar-refractivity contribution in [1.82, 2.24) is 4.72 Å². The minimum Gasteiger partial charge on any atom is -0.507 e. The van der Waals surface area contributed by atoms with Crippen LogP contribution in [-0.4, -0.2) is 48.8 Å². The van der Waals surface area contributed by atoms with Crippen LogP contribution in [0.5, 0.6) is 5.75 Å². The van der Waals surface area contributed by atoms with Crippen molar-refractivity contribution in [2.24, 2.45) is 0 Å². The smallest absolute Gasteiger partial charge is 0.339 e. The molecule has 118 valence electrons. The molecule has 0 radical (unpaired) electrons. The van der Waals surface area contributed by atoms with E-state index in [1.165, 1.54) is 6.92 Å². The van der Waals surface area contributed by atoms with Crippen molar-refractivity contribution in [1.29, 1.82) is 0 Å². The van der Waals surface area contributed by atoms with Crippen molar-refractivity contribution < 1.29 is 37.3 Å². The molecule has 0 bridgehead atoms. The van der Waals surface area contributed by atoms with E-state index in [0.29, 0.717) is 6.07 Å². The highest BCUT2D eigenvalue weighted by atomic mass is 32.2. The van der Waals surface area contributed by atoms with E-state index in [1.54, 1.807) is 4.72 Å². The van der Waals surface area contributed by atoms with Crippen LogP contribution < -0.4 is 4.72 Å². The molecule has 0 aromatic heterocycles. The Balaban J connectivity index is 3.14. The third-order valence-electron chi connectivity index (χ3n) is 2.59. The van der Waals surface area contributed by atoms with Crippen LogP contribution >= 0.6 is 0 Å². The van der Waals surface area contributed by atoms with Crippen molar-refractivity contribution in [3.63, 3.8) is 0 Å². The van der Waals surface area contributed by atoms with E-state index in [1.807, 2.05) is 0 Å². The number of rotatable bonds is 6. The number of aromatic hydroxyl groups is 1. The van der Waals surface area contributed by atoms with Crippen LogP contribution in [-0.2, 0) is 10.0 Å². The van der Waals surface area contributed by atoms with Gasteiger partial charge in [0.05, 0.1) is 4.90 Å². The van der Waals surface area contributed by atoms with Gasteiger partial charge in [0.25, 0.3) is 6.43 Å². The average molecular weight is 325 g/mol. The van der Waals surface area contributed by atoms with Crippen LogP contribution in [0.1, 0.15) is 15.9 Å². The Labute approximate surface area is 118 Å². The van der Waals surface area contributed by atoms with Crippen LogP contribution in [0.2, 0.25) is 0 Å². The van der Waals surface area contributed by atoms with E-state index in [2.05, 4.69) is 0 Å². The van der Waals surface area contributed by atoms with Gasteiger partial charge in [-0.2, -0.15) is 0 Å². The number of carbonyl (C=O) groups is 1. The number of aliphatic hydroxyl groups is 1. The maximum Gasteiger partial charge on any atom is 0.339 e. The molecule has 1 aromatic carbocycles. The largest absolute Gasteiger partial charge is 0.507 e. The SMILES string of the molecule is Cc1cc(O)c(C(=O)O)cc1S(=O)(=O)NCC(O)C(F)F. The minimum absolute atomic E-state index is 0.0246. The zero-order valence-corrected chi connectivity index (χ0v) is 11.6. The van der Waals surface area contributed by atoms with Gasteiger partial charge in [-0.1, -0.05) is 0 Å². The first kappa shape index (κ1) is 17.3. The van der Waals surface area contributed by atoms with Gasteiger partial charge < -0.3 is 15.3 Å². The molecule has 1 rings (SSSR count). The Hall–Kier alpha value is -1.78. The molecule has 0 saturated heterocycles. The molecule has 0 amide bonds. The lowest BCUT2D eigenvalue weighted by Crippen LogP contribution is -2.36. The molecule has 1 aromatic rings. The number of hydrogen-bond donors (Lipinski definition) is 4. The number of halogens is 2. The molecule has 21 heavy (non-hydrogen) atoms. The van der Waals surface area contributed by atoms with E-state index in [4.69, 9.17) is 10.2 Å². The van der Waals surface area contributed by atoms with Crippen molar-refractivity contribution in [3.8, 4) is 5.75 Å². The molecule has 10 heteroatoms. The van der Waals surface area contributed by atoms with Gasteiger partial charge in [-0.3, -0.25) is 0 Å². The fourth-order valence-corrected chi connectivity index (χ4v) is 2.80. The van der Waals surface area contributed by atoms with E-state index >= 15 is 0 Å². The highest BCUT2D eigenvalue weighted by Gasteiger charge is 2.24. The van der Waals surface area contributed by atoms with Crippen molar-refractivity contribution in [2.75, 3.05) is 6.54 Å². The highest BCUT2D eigenvalue weighted by Crippen LogP contribution is 2.25. The maximum absolute atomic E-state index is 12.1. The fourth-order valence-electron chi connectivity index (χ4n) is 1.50. The van der Waals surface area contributed by atoms with Crippen molar-refractivity contribution in [3.05, 3.63) is 23.3 Å². The maximum atomic E-state index is 12.1. The van der Waals surface area contributed by atoms with Gasteiger partial charge in [-0.05, 0) is 24.6 Å². The van der Waals surface area contributed by atoms with E-state index in [0.717, 1.165) is 6.07 Å². The summed E-state index contributed by atoms with van der Waals surface area (Å²) in [6.07, 6.45) is -5.31. The number of hydrogen-bond acceptors (Lipinski definition) is 5. The standard InChI is InChI=1S/C11H13F2NO6S/c1-5-2-7(15)6(11(17)18)3-9(5)21(19,20)14-4-8(16)10(12)13/h2-3,8,10,14-16H,4H2,1H3,(H,17,18). The molecule has 0 saturated carbocycles. The summed E-state index contributed by atoms with van der Waals surface area (Å²) in [7, 11) is -4.31. The third-order valence-corrected chi connectivity index (χ3v) is 4.15. The Bertz CT molecular complexity index is 646. The number of phenols is 1. The molecule has 0 heterocycles. The zero-order valence-electron chi connectivity index (χ0n) is 10.7. The number of benzene rings is 1. The highest BCUT2D eigenvalue weighted by molar-refractivity contribution is 7.89. The summed E-state index contributed by atoms with van der Waals surface area (Å²) in [5.74, 6) is -2.16. The van der Waals surface area contributed by atoms with Crippen LogP contribution in [0.25, 0.3) is 0 Å². The summed E-state index contributed by atoms with van der Waals surface area (Å²) in [5.41, 5.74) is -0.619. The number of aryl methyl sites for hydroxylation is 1. The topological polar surface area (TPSA) is 124 Å². The number of nitrogens with one attached hydrogen (secondary N) is 1. The Morgan fingerprint density at radius 2 is 1.95 bits per heavy atom. The molecular weight excluding hydrogens is 312 g/mol. The molecule has 0 fully saturated rings. The number of aromatic carboxylic acids is 1. The predicted octanol–water partition coefficient (Wildman–Crippen LogP) is 0.303. The molecule has 7 nitrogen and oxygen atoms in total. The normalized spacial score (nSPS) is 13.4. The van der Waals surface area contributed by atoms with Crippen molar-refractivity contribution >= 4 is 16.0 Å². The lowest BCUT2D eigenvalue weighted by atomic mass is 10.1. The summed E-state index contributed by atoms with van der Waals surface area (Å²) in [5, 5.41) is 27.1. The number of sulfonamides is 1. The monoisotopic (exact) mass is 325 g/mol. The van der Waals surface area contributed by atoms with Crippen LogP contribution in [0.3, 0.4) is 0 Å². The molecule has 1 unspecified atom stereocenters. The van der Waals surface area contributed by atoms with Gasteiger partial charge in [0.2, 0.25) is 10.0 Å². The molecule has 0 spiro atoms. The molecular formula is C11H13F2NO6S. The number of aliphatic hydroxyl groups excluding tert-OH is 1. The molecule has 0 aliphatic rings. The Morgan fingerprint density at radius 3 is 2.43 bits per heavy atom. The first-order valence-electron chi connectivity index (χ1n) is 5.59. The number of alkyl halides is 2. The first-order valence-corrected chi connectivity index (χ1v) is 7.07. The van der Waals surface area contributed by atoms with E-state index < -0.39 is 51.3 Å². The van der Waals surface area contributed by atoms with Gasteiger partial charge in [0.1, 0.15) is 17.4 Å². The summed E-state index contributed by atoms with van der Waals surface area (Å²) >= 11 is 0. The van der Waals surface area contributed by atoms with Gasteiger partial charge >= 0.3 is 5.97 Å².